The topological polar surface area (TPSA) is 95.2 Å². The van der Waals surface area contributed by atoms with Gasteiger partial charge in [-0.3, -0.25) is 4.79 Å². The smallest absolute Gasteiger partial charge is 0.269 e. The molecule has 0 bridgehead atoms. The van der Waals surface area contributed by atoms with E-state index in [0.717, 1.165) is 5.56 Å². The molecule has 1 aromatic heterocycles. The van der Waals surface area contributed by atoms with Crippen molar-refractivity contribution in [1.82, 2.24) is 5.16 Å². The minimum Gasteiger partial charge on any atom is -0.493 e. The maximum Gasteiger partial charge on any atom is 0.269 e. The fourth-order valence-electron chi connectivity index (χ4n) is 2.42. The molecule has 1 aliphatic rings. The summed E-state index contributed by atoms with van der Waals surface area (Å²) < 4.78 is 15.6. The second kappa shape index (κ2) is 6.61. The van der Waals surface area contributed by atoms with Crippen LogP contribution in [0.1, 0.15) is 17.7 Å². The van der Waals surface area contributed by atoms with Crippen LogP contribution in [0.5, 0.6) is 11.5 Å². The van der Waals surface area contributed by atoms with Crippen LogP contribution >= 0.6 is 0 Å². The number of nitrogens with zero attached hydrogens (tertiary/aromatic N) is 2. The molecule has 1 amide bonds. The molecular formula is C16H17N3O5. The Morgan fingerprint density at radius 1 is 1.33 bits per heavy atom. The number of nitrogens with one attached hydrogen (secondary N) is 1. The van der Waals surface area contributed by atoms with E-state index in [9.17, 15) is 4.79 Å². The van der Waals surface area contributed by atoms with Crippen molar-refractivity contribution in [3.8, 4) is 11.5 Å². The molecule has 2 aromatic rings. The normalized spacial score (nSPS) is 16.3. The van der Waals surface area contributed by atoms with Gasteiger partial charge in [0.05, 0.1) is 19.9 Å². The van der Waals surface area contributed by atoms with E-state index in [4.69, 9.17) is 18.8 Å². The van der Waals surface area contributed by atoms with Crippen molar-refractivity contribution in [3.05, 3.63) is 35.6 Å². The number of aromatic nitrogens is 1. The predicted octanol–water partition coefficient (Wildman–Crippen LogP) is 2.13. The summed E-state index contributed by atoms with van der Waals surface area (Å²) in [6.07, 6.45) is -0.431. The Morgan fingerprint density at radius 2 is 2.17 bits per heavy atom. The number of aryl methyl sites for hydroxylation is 1. The van der Waals surface area contributed by atoms with Crippen molar-refractivity contribution in [3.63, 3.8) is 0 Å². The molecule has 0 fully saturated rings. The molecule has 3 rings (SSSR count). The highest BCUT2D eigenvalue weighted by Crippen LogP contribution is 2.33. The van der Waals surface area contributed by atoms with Gasteiger partial charge in [-0.2, -0.15) is 0 Å². The molecule has 126 valence electrons. The van der Waals surface area contributed by atoms with Gasteiger partial charge in [0, 0.05) is 18.1 Å². The summed E-state index contributed by atoms with van der Waals surface area (Å²) >= 11 is 0. The molecule has 1 N–H and O–H groups in total. The number of amides is 1. The Bertz CT molecular complexity index is 784. The van der Waals surface area contributed by atoms with Crippen molar-refractivity contribution in [2.75, 3.05) is 19.5 Å². The van der Waals surface area contributed by atoms with Crippen LogP contribution in [0.4, 0.5) is 5.82 Å². The first-order chi connectivity index (χ1) is 11.6. The van der Waals surface area contributed by atoms with Crippen LogP contribution in [-0.2, 0) is 9.63 Å². The van der Waals surface area contributed by atoms with Crippen LogP contribution < -0.4 is 14.8 Å². The molecule has 0 saturated heterocycles. The van der Waals surface area contributed by atoms with Crippen LogP contribution in [0, 0.1) is 6.92 Å². The van der Waals surface area contributed by atoms with E-state index in [1.54, 1.807) is 33.3 Å². The maximum absolute atomic E-state index is 12.2. The van der Waals surface area contributed by atoms with Gasteiger partial charge in [0.25, 0.3) is 5.91 Å². The van der Waals surface area contributed by atoms with Gasteiger partial charge in [-0.15, -0.1) is 0 Å². The van der Waals surface area contributed by atoms with Crippen LogP contribution in [0.15, 0.2) is 33.9 Å². The quantitative estimate of drug-likeness (QED) is 0.902. The van der Waals surface area contributed by atoms with Crippen molar-refractivity contribution in [2.45, 2.75) is 19.4 Å². The fourth-order valence-corrected chi connectivity index (χ4v) is 2.42. The van der Waals surface area contributed by atoms with E-state index >= 15 is 0 Å². The van der Waals surface area contributed by atoms with Gasteiger partial charge >= 0.3 is 0 Å². The Labute approximate surface area is 138 Å². The van der Waals surface area contributed by atoms with E-state index in [2.05, 4.69) is 15.6 Å². The monoisotopic (exact) mass is 331 g/mol. The zero-order valence-corrected chi connectivity index (χ0v) is 13.5. The number of hydrogen-bond donors (Lipinski definition) is 1. The van der Waals surface area contributed by atoms with Gasteiger partial charge in [0.2, 0.25) is 6.10 Å². The molecule has 0 aliphatic carbocycles. The lowest BCUT2D eigenvalue weighted by molar-refractivity contribution is -0.125. The molecule has 1 aliphatic heterocycles. The number of hydrogen-bond acceptors (Lipinski definition) is 7. The lowest BCUT2D eigenvalue weighted by Crippen LogP contribution is -2.28. The molecule has 2 heterocycles. The van der Waals surface area contributed by atoms with Crippen LogP contribution in [0.25, 0.3) is 0 Å². The second-order valence-electron chi connectivity index (χ2n) is 5.19. The van der Waals surface area contributed by atoms with Crippen LogP contribution in [-0.4, -0.2) is 37.1 Å². The first-order valence-corrected chi connectivity index (χ1v) is 7.30. The zero-order valence-electron chi connectivity index (χ0n) is 13.5. The van der Waals surface area contributed by atoms with E-state index in [0.29, 0.717) is 35.2 Å². The summed E-state index contributed by atoms with van der Waals surface area (Å²) in [4.78, 5) is 17.5. The third-order valence-electron chi connectivity index (χ3n) is 3.55. The third kappa shape index (κ3) is 3.03. The number of benzene rings is 1. The fraction of sp³-hybridized carbons (Fsp3) is 0.312. The average molecular weight is 331 g/mol. The minimum absolute atomic E-state index is 0.312. The number of para-hydroxylation sites is 1. The molecular weight excluding hydrogens is 314 g/mol. The van der Waals surface area contributed by atoms with Crippen molar-refractivity contribution in [1.29, 1.82) is 0 Å². The first kappa shape index (κ1) is 15.9. The van der Waals surface area contributed by atoms with Gasteiger partial charge in [0.15, 0.2) is 17.3 Å². The highest BCUT2D eigenvalue weighted by molar-refractivity contribution is 6.07. The van der Waals surface area contributed by atoms with Crippen LogP contribution in [0.3, 0.4) is 0 Å². The number of carbonyl (C=O) groups excluding carboxylic acids is 1. The van der Waals surface area contributed by atoms with E-state index < -0.39 is 6.10 Å². The molecule has 24 heavy (non-hydrogen) atoms. The van der Waals surface area contributed by atoms with Crippen LogP contribution in [0.2, 0.25) is 0 Å². The number of ether oxygens (including phenoxy) is 2. The Kier molecular flexibility index (Phi) is 4.37. The van der Waals surface area contributed by atoms with Crippen molar-refractivity contribution in [2.24, 2.45) is 5.16 Å². The summed E-state index contributed by atoms with van der Waals surface area (Å²) in [5.41, 5.74) is 1.34. The number of anilines is 1. The molecule has 0 saturated carbocycles. The van der Waals surface area contributed by atoms with Gasteiger partial charge in [-0.25, -0.2) is 0 Å². The molecule has 8 nitrogen and oxygen atoms in total. The number of methoxy groups -OCH3 is 2. The van der Waals surface area contributed by atoms with E-state index in [1.165, 1.54) is 0 Å². The molecule has 0 spiro atoms. The molecule has 0 radical (unpaired) electrons. The summed E-state index contributed by atoms with van der Waals surface area (Å²) in [5, 5.41) is 10.4. The molecule has 1 atom stereocenters. The largest absolute Gasteiger partial charge is 0.493 e. The number of rotatable bonds is 5. The van der Waals surface area contributed by atoms with Gasteiger partial charge in [-0.1, -0.05) is 16.4 Å². The predicted molar refractivity (Wildman–Crippen MR) is 85.4 cm³/mol. The van der Waals surface area contributed by atoms with Gasteiger partial charge < -0.3 is 24.2 Å². The summed E-state index contributed by atoms with van der Waals surface area (Å²) in [6.45, 7) is 1.74. The summed E-state index contributed by atoms with van der Waals surface area (Å²) in [6, 6.07) is 7.07. The minimum atomic E-state index is -0.743. The Balaban J connectivity index is 1.72. The molecule has 8 heteroatoms. The molecule has 1 aromatic carbocycles. The zero-order chi connectivity index (χ0) is 17.1. The van der Waals surface area contributed by atoms with Crippen molar-refractivity contribution >= 4 is 17.4 Å². The standard InChI is InChI=1S/C16H17N3O5/c1-9-7-14(19-23-9)17-16(20)13-8-11(18-24-13)10-5-4-6-12(21-2)15(10)22-3/h4-7,13H,8H2,1-3H3,(H,17,19,20)/t13-/m0/s1. The second-order valence-corrected chi connectivity index (χ2v) is 5.19. The SMILES string of the molecule is COc1cccc(C2=NO[C@H](C(=O)Nc3cc(C)on3)C2)c1OC. The maximum atomic E-state index is 12.2. The van der Waals surface area contributed by atoms with Gasteiger partial charge in [-0.05, 0) is 19.1 Å². The average Bonchev–Trinajstić information content (AvgIpc) is 3.23. The molecule has 0 unspecified atom stereocenters. The van der Waals surface area contributed by atoms with E-state index in [1.807, 2.05) is 12.1 Å². The highest BCUT2D eigenvalue weighted by Gasteiger charge is 2.31. The number of carbonyl (C=O) groups is 1. The first-order valence-electron chi connectivity index (χ1n) is 7.30. The lowest BCUT2D eigenvalue weighted by Gasteiger charge is -2.11. The van der Waals surface area contributed by atoms with Crippen molar-refractivity contribution < 1.29 is 23.6 Å². The lowest BCUT2D eigenvalue weighted by atomic mass is 10.0. The Morgan fingerprint density at radius 3 is 2.83 bits per heavy atom. The summed E-state index contributed by atoms with van der Waals surface area (Å²) in [7, 11) is 3.11. The third-order valence-corrected chi connectivity index (χ3v) is 3.55. The van der Waals surface area contributed by atoms with E-state index in [-0.39, 0.29) is 5.91 Å². The van der Waals surface area contributed by atoms with Gasteiger partial charge in [0.1, 0.15) is 5.76 Å². The number of oxime groups is 1. The highest BCUT2D eigenvalue weighted by atomic mass is 16.6. The summed E-state index contributed by atoms with van der Waals surface area (Å²) in [5.74, 6) is 1.74. The Hall–Kier alpha value is -3.03.